The molecule has 3 aromatic rings. The van der Waals surface area contributed by atoms with Crippen molar-refractivity contribution in [1.82, 2.24) is 24.9 Å². The predicted molar refractivity (Wildman–Crippen MR) is 129 cm³/mol. The van der Waals surface area contributed by atoms with Crippen molar-refractivity contribution in [3.8, 4) is 0 Å². The van der Waals surface area contributed by atoms with Crippen LogP contribution in [0.5, 0.6) is 0 Å². The number of hydrogen-bond donors (Lipinski definition) is 1. The minimum absolute atomic E-state index is 0.0750. The van der Waals surface area contributed by atoms with E-state index in [1.807, 2.05) is 28.9 Å². The molecule has 3 heterocycles. The molecule has 0 aliphatic carbocycles. The zero-order valence-corrected chi connectivity index (χ0v) is 19.5. The third-order valence-electron chi connectivity index (χ3n) is 6.76. The van der Waals surface area contributed by atoms with Gasteiger partial charge in [-0.05, 0) is 44.9 Å². The summed E-state index contributed by atoms with van der Waals surface area (Å²) in [5, 5.41) is 8.63. The van der Waals surface area contributed by atoms with E-state index < -0.39 is 0 Å². The second-order valence-corrected chi connectivity index (χ2v) is 9.30. The average molecular weight is 460 g/mol. The Morgan fingerprint density at radius 1 is 0.971 bits per heavy atom. The number of rotatable bonds is 6. The number of imide groups is 1. The zero-order valence-electron chi connectivity index (χ0n) is 19.5. The van der Waals surface area contributed by atoms with Gasteiger partial charge in [0.05, 0.1) is 16.6 Å². The van der Waals surface area contributed by atoms with Gasteiger partial charge < -0.3 is 10.2 Å². The van der Waals surface area contributed by atoms with Crippen LogP contribution < -0.4 is 5.32 Å². The largest absolute Gasteiger partial charge is 0.348 e. The van der Waals surface area contributed by atoms with E-state index in [2.05, 4.69) is 29.2 Å². The summed E-state index contributed by atoms with van der Waals surface area (Å²) < 4.78 is 1.89. The van der Waals surface area contributed by atoms with Crippen LogP contribution in [0.2, 0.25) is 0 Å². The van der Waals surface area contributed by atoms with Crippen molar-refractivity contribution in [3.05, 3.63) is 65.4 Å². The first-order valence-electron chi connectivity index (χ1n) is 11.9. The Balaban J connectivity index is 1.15. The number of amides is 3. The fraction of sp³-hybridized carbons (Fsp3) is 0.385. The summed E-state index contributed by atoms with van der Waals surface area (Å²) in [7, 11) is 0. The molecule has 1 saturated heterocycles. The van der Waals surface area contributed by atoms with Gasteiger partial charge in [0.2, 0.25) is 0 Å². The third-order valence-corrected chi connectivity index (χ3v) is 6.76. The lowest BCUT2D eigenvalue weighted by atomic mass is 10.0. The molecule has 2 aromatic carbocycles. The number of piperidine rings is 1. The topological polar surface area (TPSA) is 87.5 Å². The average Bonchev–Trinajstić information content (AvgIpc) is 3.35. The van der Waals surface area contributed by atoms with Crippen LogP contribution in [0.1, 0.15) is 63.9 Å². The first-order chi connectivity index (χ1) is 16.4. The number of carbonyl (C=O) groups is 3. The molecule has 176 valence electrons. The number of benzene rings is 2. The Morgan fingerprint density at radius 2 is 1.59 bits per heavy atom. The molecule has 3 amide bonds. The van der Waals surface area contributed by atoms with Gasteiger partial charge in [-0.25, -0.2) is 0 Å². The molecule has 0 bridgehead atoms. The highest BCUT2D eigenvalue weighted by molar-refractivity contribution is 6.21. The first-order valence-corrected chi connectivity index (χ1v) is 11.9. The van der Waals surface area contributed by atoms with Crippen LogP contribution in [-0.2, 0) is 0 Å². The Bertz CT molecular complexity index is 1220. The van der Waals surface area contributed by atoms with E-state index in [1.54, 1.807) is 24.3 Å². The second-order valence-electron chi connectivity index (χ2n) is 9.30. The van der Waals surface area contributed by atoms with Gasteiger partial charge in [0.15, 0.2) is 5.69 Å². The molecule has 1 fully saturated rings. The molecule has 34 heavy (non-hydrogen) atoms. The number of fused-ring (bicyclic) bond motifs is 2. The van der Waals surface area contributed by atoms with E-state index in [0.29, 0.717) is 29.9 Å². The summed E-state index contributed by atoms with van der Waals surface area (Å²) >= 11 is 0. The van der Waals surface area contributed by atoms with Gasteiger partial charge >= 0.3 is 0 Å². The molecule has 1 aromatic heterocycles. The number of hydrogen-bond acceptors (Lipinski definition) is 5. The molecule has 0 unspecified atom stereocenters. The third kappa shape index (κ3) is 3.98. The van der Waals surface area contributed by atoms with E-state index in [1.165, 1.54) is 4.90 Å². The maximum atomic E-state index is 13.0. The number of para-hydroxylation sites is 1. The van der Waals surface area contributed by atoms with Crippen molar-refractivity contribution in [2.24, 2.45) is 0 Å². The number of nitrogens with one attached hydrogen (secondary N) is 1. The van der Waals surface area contributed by atoms with Gasteiger partial charge in [0.25, 0.3) is 17.7 Å². The van der Waals surface area contributed by atoms with E-state index in [0.717, 1.165) is 36.8 Å². The molecule has 2 aliphatic rings. The van der Waals surface area contributed by atoms with E-state index in [-0.39, 0.29) is 29.8 Å². The molecular weight excluding hydrogens is 430 g/mol. The van der Waals surface area contributed by atoms with Gasteiger partial charge in [0, 0.05) is 43.6 Å². The summed E-state index contributed by atoms with van der Waals surface area (Å²) in [6.07, 6.45) is 1.63. The van der Waals surface area contributed by atoms with Crippen molar-refractivity contribution < 1.29 is 14.4 Å². The summed E-state index contributed by atoms with van der Waals surface area (Å²) in [5.74, 6) is -0.563. The molecule has 0 radical (unpaired) electrons. The van der Waals surface area contributed by atoms with Crippen molar-refractivity contribution in [2.75, 3.05) is 26.2 Å². The fourth-order valence-corrected chi connectivity index (χ4v) is 4.89. The van der Waals surface area contributed by atoms with Crippen molar-refractivity contribution in [1.29, 1.82) is 0 Å². The summed E-state index contributed by atoms with van der Waals surface area (Å²) in [5.41, 5.74) is 2.41. The highest BCUT2D eigenvalue weighted by Crippen LogP contribution is 2.24. The van der Waals surface area contributed by atoms with Gasteiger partial charge in [-0.3, -0.25) is 24.0 Å². The molecule has 1 N–H and O–H groups in total. The van der Waals surface area contributed by atoms with Gasteiger partial charge in [-0.1, -0.05) is 30.3 Å². The van der Waals surface area contributed by atoms with Crippen LogP contribution in [0.4, 0.5) is 0 Å². The lowest BCUT2D eigenvalue weighted by Gasteiger charge is -2.33. The minimum atomic E-state index is -0.212. The van der Waals surface area contributed by atoms with Crippen LogP contribution >= 0.6 is 0 Å². The van der Waals surface area contributed by atoms with Crippen molar-refractivity contribution in [3.63, 3.8) is 0 Å². The lowest BCUT2D eigenvalue weighted by molar-refractivity contribution is 0.0624. The first kappa shape index (κ1) is 22.3. The second kappa shape index (κ2) is 9.02. The summed E-state index contributed by atoms with van der Waals surface area (Å²) in [4.78, 5) is 41.7. The van der Waals surface area contributed by atoms with Gasteiger partial charge in [0.1, 0.15) is 0 Å². The Labute approximate surface area is 198 Å². The van der Waals surface area contributed by atoms with Crippen LogP contribution in [0.15, 0.2) is 48.5 Å². The molecule has 0 saturated carbocycles. The summed E-state index contributed by atoms with van der Waals surface area (Å²) in [6.45, 7) is 6.72. The molecule has 8 nitrogen and oxygen atoms in total. The highest BCUT2D eigenvalue weighted by atomic mass is 16.2. The number of carbonyl (C=O) groups excluding carboxylic acids is 3. The van der Waals surface area contributed by atoms with E-state index >= 15 is 0 Å². The monoisotopic (exact) mass is 459 g/mol. The Hall–Kier alpha value is -3.52. The Morgan fingerprint density at radius 3 is 2.24 bits per heavy atom. The normalized spacial score (nSPS) is 17.1. The molecule has 8 heteroatoms. The Kier molecular flexibility index (Phi) is 5.91. The maximum Gasteiger partial charge on any atom is 0.272 e. The van der Waals surface area contributed by atoms with Gasteiger partial charge in [-0.2, -0.15) is 5.10 Å². The predicted octanol–water partition coefficient (Wildman–Crippen LogP) is 3.11. The molecule has 0 atom stereocenters. The zero-order chi connectivity index (χ0) is 23.8. The number of nitrogens with zero attached hydrogens (tertiary/aromatic N) is 4. The van der Waals surface area contributed by atoms with Crippen LogP contribution in [0, 0.1) is 0 Å². The fourth-order valence-electron chi connectivity index (χ4n) is 4.89. The maximum absolute atomic E-state index is 13.0. The smallest absolute Gasteiger partial charge is 0.272 e. The molecule has 2 aliphatic heterocycles. The number of aromatic nitrogens is 2. The number of likely N-dealkylation sites (tertiary alicyclic amines) is 1. The van der Waals surface area contributed by atoms with Crippen molar-refractivity contribution >= 4 is 28.6 Å². The minimum Gasteiger partial charge on any atom is -0.348 e. The van der Waals surface area contributed by atoms with Crippen LogP contribution in [0.25, 0.3) is 10.9 Å². The molecule has 5 rings (SSSR count). The standard InChI is InChI=1S/C26H29N5O3/c1-17(2)31-22-10-6-5-9-21(22)23(28-31)24(32)27-18-11-13-29(14-12-18)15-16-30-25(33)19-7-3-4-8-20(19)26(30)34/h3-10,17-18H,11-16H2,1-2H3,(H,27,32). The summed E-state index contributed by atoms with van der Waals surface area (Å²) in [6, 6.07) is 15.0. The molecular formula is C26H29N5O3. The van der Waals surface area contributed by atoms with Crippen molar-refractivity contribution in [2.45, 2.75) is 38.8 Å². The highest BCUT2D eigenvalue weighted by Gasteiger charge is 2.35. The van der Waals surface area contributed by atoms with Gasteiger partial charge in [-0.15, -0.1) is 0 Å². The quantitative estimate of drug-likeness (QED) is 0.573. The lowest BCUT2D eigenvalue weighted by Crippen LogP contribution is -2.47. The SMILES string of the molecule is CC(C)n1nc(C(=O)NC2CCN(CCN3C(=O)c4ccccc4C3=O)CC2)c2ccccc21. The van der Waals surface area contributed by atoms with Crippen LogP contribution in [0.3, 0.4) is 0 Å². The van der Waals surface area contributed by atoms with E-state index in [9.17, 15) is 14.4 Å². The van der Waals surface area contributed by atoms with Crippen LogP contribution in [-0.4, -0.2) is 69.5 Å². The molecule has 0 spiro atoms. The van der Waals surface area contributed by atoms with E-state index in [4.69, 9.17) is 0 Å².